The zero-order chi connectivity index (χ0) is 15.0. The Hall–Kier alpha value is -1.60. The summed E-state index contributed by atoms with van der Waals surface area (Å²) in [5.41, 5.74) is 0.836. The van der Waals surface area contributed by atoms with Gasteiger partial charge in [-0.2, -0.15) is 0 Å². The molecule has 1 fully saturated rings. The molecule has 1 N–H and O–H groups in total. The average Bonchev–Trinajstić information content (AvgIpc) is 3.18. The van der Waals surface area contributed by atoms with Gasteiger partial charge in [-0.25, -0.2) is 4.68 Å². The van der Waals surface area contributed by atoms with Gasteiger partial charge in [0, 0.05) is 16.3 Å². The summed E-state index contributed by atoms with van der Waals surface area (Å²) in [6.07, 6.45) is 2.19. The highest BCUT2D eigenvalue weighted by Gasteiger charge is 2.28. The van der Waals surface area contributed by atoms with Gasteiger partial charge in [-0.05, 0) is 42.3 Å². The van der Waals surface area contributed by atoms with Crippen molar-refractivity contribution in [2.24, 2.45) is 0 Å². The van der Waals surface area contributed by atoms with Gasteiger partial charge in [-0.3, -0.25) is 4.79 Å². The van der Waals surface area contributed by atoms with Gasteiger partial charge in [-0.1, -0.05) is 23.4 Å². The fourth-order valence-corrected chi connectivity index (χ4v) is 3.16. The van der Waals surface area contributed by atoms with Crippen molar-refractivity contribution in [1.82, 2.24) is 20.2 Å². The van der Waals surface area contributed by atoms with Crippen LogP contribution in [0.25, 0.3) is 0 Å². The molecule has 8 heteroatoms. The van der Waals surface area contributed by atoms with Crippen LogP contribution in [0.15, 0.2) is 17.3 Å². The summed E-state index contributed by atoms with van der Waals surface area (Å²) < 4.78 is 1.80. The molecule has 1 heterocycles. The number of carbonyl (C=O) groups excluding carboxylic acids is 1. The number of hydrogen-bond donors (Lipinski definition) is 1. The topological polar surface area (TPSA) is 80.9 Å². The number of ketones is 1. The fraction of sp³-hybridized carbons (Fsp3) is 0.385. The molecule has 0 spiro atoms. The standard InChI is InChI=1S/C13H13ClN4O2S/c1-7(19)11-5-9(14)4-8(12(11)20)6-21-13-15-16-17-18(13)10-2-3-10/h4-5,10,20H,2-3,6H2,1H3. The van der Waals surface area contributed by atoms with E-state index in [4.69, 9.17) is 11.6 Å². The highest BCUT2D eigenvalue weighted by atomic mass is 35.5. The van der Waals surface area contributed by atoms with E-state index in [0.29, 0.717) is 27.5 Å². The second-order valence-corrected chi connectivity index (χ2v) is 6.32. The lowest BCUT2D eigenvalue weighted by atomic mass is 10.1. The molecule has 0 unspecified atom stereocenters. The number of phenolic OH excluding ortho intramolecular Hbond substituents is 1. The molecule has 1 aliphatic carbocycles. The molecule has 3 rings (SSSR count). The molecule has 0 radical (unpaired) electrons. The van der Waals surface area contributed by atoms with Crippen molar-refractivity contribution < 1.29 is 9.90 Å². The number of hydrogen-bond acceptors (Lipinski definition) is 6. The van der Waals surface area contributed by atoms with Crippen LogP contribution >= 0.6 is 23.4 Å². The summed E-state index contributed by atoms with van der Waals surface area (Å²) in [4.78, 5) is 11.5. The van der Waals surface area contributed by atoms with E-state index in [0.717, 1.165) is 12.8 Å². The molecular formula is C13H13ClN4O2S. The van der Waals surface area contributed by atoms with Gasteiger partial charge >= 0.3 is 0 Å². The number of tetrazole rings is 1. The van der Waals surface area contributed by atoms with E-state index in [-0.39, 0.29) is 17.1 Å². The molecule has 1 aliphatic rings. The van der Waals surface area contributed by atoms with Gasteiger partial charge in [0.2, 0.25) is 5.16 Å². The number of thioether (sulfide) groups is 1. The molecule has 110 valence electrons. The first-order chi connectivity index (χ1) is 10.1. The van der Waals surface area contributed by atoms with Crippen molar-refractivity contribution in [3.8, 4) is 5.75 Å². The predicted octanol–water partition coefficient (Wildman–Crippen LogP) is 2.86. The number of aromatic nitrogens is 4. The third kappa shape index (κ3) is 3.03. The minimum atomic E-state index is -0.218. The number of nitrogens with zero attached hydrogens (tertiary/aromatic N) is 4. The number of aromatic hydroxyl groups is 1. The van der Waals surface area contributed by atoms with Crippen LogP contribution in [-0.2, 0) is 5.75 Å². The highest BCUT2D eigenvalue weighted by Crippen LogP contribution is 2.38. The van der Waals surface area contributed by atoms with E-state index < -0.39 is 0 Å². The first kappa shape index (κ1) is 14.3. The van der Waals surface area contributed by atoms with Crippen LogP contribution in [0.3, 0.4) is 0 Å². The number of carbonyl (C=O) groups is 1. The van der Waals surface area contributed by atoms with E-state index in [1.54, 1.807) is 10.7 Å². The van der Waals surface area contributed by atoms with Crippen molar-refractivity contribution >= 4 is 29.1 Å². The quantitative estimate of drug-likeness (QED) is 0.673. The van der Waals surface area contributed by atoms with Crippen LogP contribution in [0, 0.1) is 0 Å². The monoisotopic (exact) mass is 324 g/mol. The molecule has 6 nitrogen and oxygen atoms in total. The molecule has 1 saturated carbocycles. The van der Waals surface area contributed by atoms with E-state index in [2.05, 4.69) is 15.5 Å². The molecule has 21 heavy (non-hydrogen) atoms. The van der Waals surface area contributed by atoms with E-state index in [1.807, 2.05) is 0 Å². The minimum absolute atomic E-state index is 0.0233. The maximum Gasteiger partial charge on any atom is 0.209 e. The average molecular weight is 325 g/mol. The number of rotatable bonds is 5. The van der Waals surface area contributed by atoms with Crippen molar-refractivity contribution in [1.29, 1.82) is 0 Å². The predicted molar refractivity (Wildman–Crippen MR) is 78.8 cm³/mol. The van der Waals surface area contributed by atoms with E-state index in [1.165, 1.54) is 24.8 Å². The Morgan fingerprint density at radius 1 is 1.52 bits per heavy atom. The van der Waals surface area contributed by atoms with Crippen molar-refractivity contribution in [3.63, 3.8) is 0 Å². The maximum atomic E-state index is 11.5. The Morgan fingerprint density at radius 3 is 2.95 bits per heavy atom. The summed E-state index contributed by atoms with van der Waals surface area (Å²) >= 11 is 7.42. The molecule has 0 atom stereocenters. The fourth-order valence-electron chi connectivity index (χ4n) is 2.01. The second kappa shape index (κ2) is 5.65. The van der Waals surface area contributed by atoms with Crippen LogP contribution in [0.1, 0.15) is 41.7 Å². The Balaban J connectivity index is 1.81. The molecule has 1 aromatic carbocycles. The van der Waals surface area contributed by atoms with Crippen molar-refractivity contribution in [3.05, 3.63) is 28.3 Å². The summed E-state index contributed by atoms with van der Waals surface area (Å²) in [6, 6.07) is 3.52. The SMILES string of the molecule is CC(=O)c1cc(Cl)cc(CSc2nnnn2C2CC2)c1O. The van der Waals surface area contributed by atoms with Gasteiger partial charge in [0.15, 0.2) is 5.78 Å². The smallest absolute Gasteiger partial charge is 0.209 e. The maximum absolute atomic E-state index is 11.5. The Labute approximate surface area is 130 Å². The van der Waals surface area contributed by atoms with Crippen LogP contribution in [0.5, 0.6) is 5.75 Å². The second-order valence-electron chi connectivity index (χ2n) is 4.94. The van der Waals surface area contributed by atoms with Crippen LogP contribution in [-0.4, -0.2) is 31.1 Å². The normalized spacial score (nSPS) is 14.4. The van der Waals surface area contributed by atoms with Crippen LogP contribution in [0.4, 0.5) is 0 Å². The first-order valence-corrected chi connectivity index (χ1v) is 7.85. The van der Waals surface area contributed by atoms with Gasteiger partial charge in [-0.15, -0.1) is 5.10 Å². The van der Waals surface area contributed by atoms with E-state index >= 15 is 0 Å². The van der Waals surface area contributed by atoms with Gasteiger partial charge < -0.3 is 5.11 Å². The third-order valence-electron chi connectivity index (χ3n) is 3.25. The number of benzene rings is 1. The number of Topliss-reactive ketones (excluding diaryl/α,β-unsaturated/α-hetero) is 1. The number of halogens is 1. The summed E-state index contributed by atoms with van der Waals surface area (Å²) in [5.74, 6) is 0.202. The number of phenols is 1. The van der Waals surface area contributed by atoms with E-state index in [9.17, 15) is 9.90 Å². The Kier molecular flexibility index (Phi) is 3.86. The summed E-state index contributed by atoms with van der Waals surface area (Å²) in [5, 5.41) is 22.9. The molecule has 0 saturated heterocycles. The van der Waals surface area contributed by atoms with Crippen LogP contribution < -0.4 is 0 Å². The van der Waals surface area contributed by atoms with Crippen LogP contribution in [0.2, 0.25) is 5.02 Å². The lowest BCUT2D eigenvalue weighted by Crippen LogP contribution is -2.00. The summed E-state index contributed by atoms with van der Waals surface area (Å²) in [6.45, 7) is 1.40. The largest absolute Gasteiger partial charge is 0.507 e. The summed E-state index contributed by atoms with van der Waals surface area (Å²) in [7, 11) is 0. The van der Waals surface area contributed by atoms with Gasteiger partial charge in [0.25, 0.3) is 0 Å². The molecular weight excluding hydrogens is 312 g/mol. The van der Waals surface area contributed by atoms with Crippen molar-refractivity contribution in [2.45, 2.75) is 36.7 Å². The molecule has 0 bridgehead atoms. The highest BCUT2D eigenvalue weighted by molar-refractivity contribution is 7.98. The lowest BCUT2D eigenvalue weighted by Gasteiger charge is -2.09. The van der Waals surface area contributed by atoms with Gasteiger partial charge in [0.1, 0.15) is 5.75 Å². The Morgan fingerprint density at radius 2 is 2.29 bits per heavy atom. The molecule has 0 aliphatic heterocycles. The first-order valence-electron chi connectivity index (χ1n) is 6.49. The molecule has 2 aromatic rings. The minimum Gasteiger partial charge on any atom is -0.507 e. The zero-order valence-corrected chi connectivity index (χ0v) is 12.9. The molecule has 1 aromatic heterocycles. The lowest BCUT2D eigenvalue weighted by molar-refractivity contribution is 0.101. The zero-order valence-electron chi connectivity index (χ0n) is 11.3. The molecule has 0 amide bonds. The van der Waals surface area contributed by atoms with Crippen molar-refractivity contribution in [2.75, 3.05) is 0 Å². The Bertz CT molecular complexity index is 699. The third-order valence-corrected chi connectivity index (χ3v) is 4.45. The van der Waals surface area contributed by atoms with Gasteiger partial charge in [0.05, 0.1) is 11.6 Å².